The summed E-state index contributed by atoms with van der Waals surface area (Å²) >= 11 is 0. The van der Waals surface area contributed by atoms with Crippen LogP contribution in [0.4, 0.5) is 13.2 Å². The lowest BCUT2D eigenvalue weighted by Gasteiger charge is -2.17. The standard InChI is InChI=1S/C17H17F3N2O3S/c18-17(19,20)14-6-8-21-16(10-14)25-15-7-9-22(11-15)26(23,24)12-13-4-2-1-3-5-13/h1-6,8,10,15H,7,9,11-12H2. The van der Waals surface area contributed by atoms with E-state index in [1.54, 1.807) is 30.3 Å². The van der Waals surface area contributed by atoms with Gasteiger partial charge in [-0.3, -0.25) is 0 Å². The minimum atomic E-state index is -4.48. The highest BCUT2D eigenvalue weighted by Crippen LogP contribution is 2.31. The largest absolute Gasteiger partial charge is 0.473 e. The van der Waals surface area contributed by atoms with E-state index >= 15 is 0 Å². The van der Waals surface area contributed by atoms with E-state index in [0.717, 1.165) is 18.3 Å². The third-order valence-corrected chi connectivity index (χ3v) is 5.86. The molecular weight excluding hydrogens is 369 g/mol. The van der Waals surface area contributed by atoms with Crippen molar-refractivity contribution in [2.75, 3.05) is 13.1 Å². The molecule has 0 spiro atoms. The Morgan fingerprint density at radius 3 is 2.62 bits per heavy atom. The Morgan fingerprint density at radius 2 is 1.92 bits per heavy atom. The Kier molecular flexibility index (Phi) is 5.19. The Labute approximate surface area is 149 Å². The van der Waals surface area contributed by atoms with E-state index in [1.165, 1.54) is 4.31 Å². The van der Waals surface area contributed by atoms with Crippen LogP contribution in [0.15, 0.2) is 48.7 Å². The summed E-state index contributed by atoms with van der Waals surface area (Å²) < 4.78 is 70.0. The monoisotopic (exact) mass is 386 g/mol. The molecule has 2 heterocycles. The maximum Gasteiger partial charge on any atom is 0.416 e. The van der Waals surface area contributed by atoms with Gasteiger partial charge in [0.25, 0.3) is 0 Å². The maximum atomic E-state index is 12.7. The summed E-state index contributed by atoms with van der Waals surface area (Å²) in [4.78, 5) is 3.78. The highest BCUT2D eigenvalue weighted by atomic mass is 32.2. The van der Waals surface area contributed by atoms with Gasteiger partial charge in [0, 0.05) is 18.8 Å². The fourth-order valence-corrected chi connectivity index (χ4v) is 4.32. The van der Waals surface area contributed by atoms with Crippen molar-refractivity contribution < 1.29 is 26.3 Å². The fourth-order valence-electron chi connectivity index (χ4n) is 2.74. The number of pyridine rings is 1. The summed E-state index contributed by atoms with van der Waals surface area (Å²) in [5.41, 5.74) is -0.175. The van der Waals surface area contributed by atoms with Gasteiger partial charge in [-0.15, -0.1) is 0 Å². The lowest BCUT2D eigenvalue weighted by atomic mass is 10.2. The smallest absolute Gasteiger partial charge is 0.416 e. The molecule has 0 amide bonds. The molecule has 1 saturated heterocycles. The number of aromatic nitrogens is 1. The summed E-state index contributed by atoms with van der Waals surface area (Å²) in [7, 11) is -3.52. The van der Waals surface area contributed by atoms with Crippen molar-refractivity contribution in [2.45, 2.75) is 24.5 Å². The molecule has 1 aromatic heterocycles. The molecule has 1 aromatic carbocycles. The number of hydrogen-bond donors (Lipinski definition) is 0. The van der Waals surface area contributed by atoms with E-state index in [-0.39, 0.29) is 24.7 Å². The van der Waals surface area contributed by atoms with Crippen LogP contribution in [0, 0.1) is 0 Å². The van der Waals surface area contributed by atoms with Crippen LogP contribution in [0.3, 0.4) is 0 Å². The molecule has 9 heteroatoms. The van der Waals surface area contributed by atoms with Crippen LogP contribution in [0.1, 0.15) is 17.5 Å². The number of alkyl halides is 3. The van der Waals surface area contributed by atoms with E-state index in [0.29, 0.717) is 12.0 Å². The molecule has 0 radical (unpaired) electrons. The molecule has 3 rings (SSSR count). The van der Waals surface area contributed by atoms with Gasteiger partial charge >= 0.3 is 6.18 Å². The highest BCUT2D eigenvalue weighted by Gasteiger charge is 2.34. The third kappa shape index (κ3) is 4.53. The van der Waals surface area contributed by atoms with Gasteiger partial charge < -0.3 is 4.74 Å². The van der Waals surface area contributed by atoms with Crippen molar-refractivity contribution in [1.82, 2.24) is 9.29 Å². The molecule has 1 unspecified atom stereocenters. The molecule has 1 atom stereocenters. The minimum Gasteiger partial charge on any atom is -0.473 e. The first-order chi connectivity index (χ1) is 12.2. The van der Waals surface area contributed by atoms with Gasteiger partial charge in [0.1, 0.15) is 6.10 Å². The number of halogens is 3. The number of benzene rings is 1. The van der Waals surface area contributed by atoms with Crippen LogP contribution in [0.2, 0.25) is 0 Å². The maximum absolute atomic E-state index is 12.7. The molecule has 5 nitrogen and oxygen atoms in total. The average Bonchev–Trinajstić information content (AvgIpc) is 3.04. The first kappa shape index (κ1) is 18.7. The molecule has 2 aromatic rings. The first-order valence-electron chi connectivity index (χ1n) is 7.96. The van der Waals surface area contributed by atoms with Crippen molar-refractivity contribution in [2.24, 2.45) is 0 Å². The molecule has 0 aliphatic carbocycles. The first-order valence-corrected chi connectivity index (χ1v) is 9.56. The number of hydrogen-bond acceptors (Lipinski definition) is 4. The third-order valence-electron chi connectivity index (χ3n) is 4.04. The molecule has 0 saturated carbocycles. The van der Waals surface area contributed by atoms with E-state index in [4.69, 9.17) is 4.74 Å². The zero-order valence-corrected chi connectivity index (χ0v) is 14.5. The predicted octanol–water partition coefficient (Wildman–Crippen LogP) is 3.08. The lowest BCUT2D eigenvalue weighted by Crippen LogP contribution is -2.32. The zero-order chi connectivity index (χ0) is 18.8. The predicted molar refractivity (Wildman–Crippen MR) is 88.9 cm³/mol. The second kappa shape index (κ2) is 7.24. The minimum absolute atomic E-state index is 0.0904. The van der Waals surface area contributed by atoms with E-state index in [9.17, 15) is 21.6 Å². The van der Waals surface area contributed by atoms with Crippen LogP contribution >= 0.6 is 0 Å². The lowest BCUT2D eigenvalue weighted by molar-refractivity contribution is -0.137. The number of sulfonamides is 1. The number of rotatable bonds is 5. The normalized spacial score (nSPS) is 18.8. The van der Waals surface area contributed by atoms with Gasteiger partial charge in [-0.2, -0.15) is 17.5 Å². The summed E-state index contributed by atoms with van der Waals surface area (Å²) in [6.07, 6.45) is -3.60. The van der Waals surface area contributed by atoms with Crippen molar-refractivity contribution in [3.8, 4) is 5.88 Å². The molecule has 0 N–H and O–H groups in total. The summed E-state index contributed by atoms with van der Waals surface area (Å²) in [5, 5.41) is 0. The fraction of sp³-hybridized carbons (Fsp3) is 0.353. The Morgan fingerprint density at radius 1 is 1.19 bits per heavy atom. The molecule has 140 valence electrons. The SMILES string of the molecule is O=S(=O)(Cc1ccccc1)N1CCC(Oc2cc(C(F)(F)F)ccn2)C1. The van der Waals surface area contributed by atoms with E-state index in [2.05, 4.69) is 4.98 Å². The van der Waals surface area contributed by atoms with Gasteiger partial charge in [0.05, 0.1) is 17.9 Å². The Hall–Kier alpha value is -2.13. The molecule has 1 aliphatic rings. The van der Waals surface area contributed by atoms with Crippen molar-refractivity contribution in [1.29, 1.82) is 0 Å². The van der Waals surface area contributed by atoms with Gasteiger partial charge in [-0.05, 0) is 18.1 Å². The van der Waals surface area contributed by atoms with E-state index in [1.807, 2.05) is 0 Å². The quantitative estimate of drug-likeness (QED) is 0.792. The number of ether oxygens (including phenoxy) is 1. The van der Waals surface area contributed by atoms with Crippen LogP contribution in [-0.4, -0.2) is 36.9 Å². The zero-order valence-electron chi connectivity index (χ0n) is 13.7. The van der Waals surface area contributed by atoms with Crippen LogP contribution in [0.5, 0.6) is 5.88 Å². The van der Waals surface area contributed by atoms with Gasteiger partial charge in [0.15, 0.2) is 0 Å². The van der Waals surface area contributed by atoms with Crippen LogP contribution < -0.4 is 4.74 Å². The average molecular weight is 386 g/mol. The van der Waals surface area contributed by atoms with Crippen molar-refractivity contribution >= 4 is 10.0 Å². The van der Waals surface area contributed by atoms with Crippen molar-refractivity contribution in [3.05, 3.63) is 59.8 Å². The molecule has 0 bridgehead atoms. The Balaban J connectivity index is 1.64. The van der Waals surface area contributed by atoms with Gasteiger partial charge in [-0.25, -0.2) is 13.4 Å². The summed E-state index contributed by atoms with van der Waals surface area (Å²) in [6.45, 7) is 0.353. The Bertz CT molecular complexity index is 857. The van der Waals surface area contributed by atoms with Crippen LogP contribution in [-0.2, 0) is 22.0 Å². The molecular formula is C17H17F3N2O3S. The van der Waals surface area contributed by atoms with Crippen molar-refractivity contribution in [3.63, 3.8) is 0 Å². The van der Waals surface area contributed by atoms with E-state index < -0.39 is 27.9 Å². The highest BCUT2D eigenvalue weighted by molar-refractivity contribution is 7.88. The van der Waals surface area contributed by atoms with Gasteiger partial charge in [-0.1, -0.05) is 30.3 Å². The topological polar surface area (TPSA) is 59.5 Å². The second-order valence-corrected chi connectivity index (χ2v) is 7.98. The summed E-state index contributed by atoms with van der Waals surface area (Å²) in [6, 6.07) is 10.5. The second-order valence-electron chi connectivity index (χ2n) is 6.01. The van der Waals surface area contributed by atoms with Gasteiger partial charge in [0.2, 0.25) is 15.9 Å². The van der Waals surface area contributed by atoms with Crippen LogP contribution in [0.25, 0.3) is 0 Å². The number of nitrogens with zero attached hydrogens (tertiary/aromatic N) is 2. The molecule has 1 aliphatic heterocycles. The molecule has 1 fully saturated rings. The summed E-state index contributed by atoms with van der Waals surface area (Å²) in [5.74, 6) is -0.283. The molecule has 26 heavy (non-hydrogen) atoms.